The highest BCUT2D eigenvalue weighted by Crippen LogP contribution is 2.58. The Hall–Kier alpha value is -1.96. The van der Waals surface area contributed by atoms with Gasteiger partial charge in [0.25, 0.3) is 0 Å². The number of methoxy groups -OCH3 is 1. The first-order chi connectivity index (χ1) is 13.7. The number of hydrogen-bond donors (Lipinski definition) is 0. The van der Waals surface area contributed by atoms with Gasteiger partial charge in [-0.25, -0.2) is 0 Å². The van der Waals surface area contributed by atoms with Gasteiger partial charge < -0.3 is 9.64 Å². The van der Waals surface area contributed by atoms with Crippen molar-refractivity contribution in [3.05, 3.63) is 60.2 Å². The van der Waals surface area contributed by atoms with Crippen molar-refractivity contribution in [2.24, 2.45) is 0 Å². The van der Waals surface area contributed by atoms with Crippen LogP contribution in [0.4, 0.5) is 5.69 Å². The Balaban J connectivity index is 1.59. The van der Waals surface area contributed by atoms with E-state index < -0.39 is 0 Å². The Bertz CT molecular complexity index is 696. The van der Waals surface area contributed by atoms with Gasteiger partial charge in [0.15, 0.2) is 0 Å². The Morgan fingerprint density at radius 1 is 0.821 bits per heavy atom. The lowest BCUT2D eigenvalue weighted by molar-refractivity contribution is 0.415. The molecule has 2 aromatic rings. The molecule has 2 atom stereocenters. The Labute approximate surface area is 171 Å². The highest BCUT2D eigenvalue weighted by molar-refractivity contribution is 5.63. The van der Waals surface area contributed by atoms with Gasteiger partial charge in [0.2, 0.25) is 0 Å². The van der Waals surface area contributed by atoms with Crippen LogP contribution in [0.3, 0.4) is 0 Å². The van der Waals surface area contributed by atoms with Gasteiger partial charge in [-0.1, -0.05) is 88.6 Å². The molecule has 1 heterocycles. The van der Waals surface area contributed by atoms with Crippen LogP contribution in [-0.4, -0.2) is 12.6 Å². The van der Waals surface area contributed by atoms with Crippen LogP contribution in [0.25, 0.3) is 0 Å². The van der Waals surface area contributed by atoms with Crippen molar-refractivity contribution in [2.75, 3.05) is 12.0 Å². The number of hydrogen-bond acceptors (Lipinski definition) is 2. The normalized spacial score (nSPS) is 21.0. The predicted molar refractivity (Wildman–Crippen MR) is 120 cm³/mol. The highest BCUT2D eigenvalue weighted by atomic mass is 16.5. The SMILES string of the molecule is CCCCCCCCCC[C@]1(C)[C@@H](c2ccccc2)N1c1ccc(OC)cc1. The van der Waals surface area contributed by atoms with Crippen LogP contribution in [0.2, 0.25) is 0 Å². The summed E-state index contributed by atoms with van der Waals surface area (Å²) in [6, 6.07) is 20.0. The summed E-state index contributed by atoms with van der Waals surface area (Å²) in [5, 5.41) is 0. The van der Waals surface area contributed by atoms with Crippen LogP contribution in [0, 0.1) is 0 Å². The summed E-state index contributed by atoms with van der Waals surface area (Å²) in [6.07, 6.45) is 12.3. The molecule has 0 amide bonds. The molecule has 2 nitrogen and oxygen atoms in total. The third kappa shape index (κ3) is 4.90. The van der Waals surface area contributed by atoms with E-state index in [-0.39, 0.29) is 5.54 Å². The number of rotatable bonds is 12. The van der Waals surface area contributed by atoms with Gasteiger partial charge in [0, 0.05) is 5.69 Å². The second-order valence-electron chi connectivity index (χ2n) is 8.46. The summed E-state index contributed by atoms with van der Waals surface area (Å²) < 4.78 is 5.34. The molecule has 0 aromatic heterocycles. The molecule has 1 aliphatic rings. The maximum Gasteiger partial charge on any atom is 0.119 e. The standard InChI is InChI=1S/C26H37NO/c1-4-5-6-7-8-9-10-14-21-26(2)25(22-15-12-11-13-16-22)27(26)23-17-19-24(28-3)20-18-23/h11-13,15-20,25H,4-10,14,21H2,1-3H3/t25-,26-,27?/m1/s1. The second kappa shape index (κ2) is 10.0. The summed E-state index contributed by atoms with van der Waals surface area (Å²) in [5.41, 5.74) is 2.95. The van der Waals surface area contributed by atoms with E-state index in [1.807, 2.05) is 0 Å². The number of benzene rings is 2. The maximum atomic E-state index is 5.34. The summed E-state index contributed by atoms with van der Waals surface area (Å²) in [6.45, 7) is 4.73. The van der Waals surface area contributed by atoms with Gasteiger partial charge in [-0.15, -0.1) is 0 Å². The van der Waals surface area contributed by atoms with Crippen LogP contribution >= 0.6 is 0 Å². The molecule has 1 saturated heterocycles. The lowest BCUT2D eigenvalue weighted by atomic mass is 9.94. The average Bonchev–Trinajstić information content (AvgIpc) is 3.36. The Kier molecular flexibility index (Phi) is 7.42. The van der Waals surface area contributed by atoms with Crippen molar-refractivity contribution < 1.29 is 4.74 Å². The van der Waals surface area contributed by atoms with Gasteiger partial charge >= 0.3 is 0 Å². The van der Waals surface area contributed by atoms with E-state index in [0.717, 1.165) is 5.75 Å². The molecule has 0 N–H and O–H groups in total. The fourth-order valence-electron chi connectivity index (χ4n) is 4.63. The first-order valence-corrected chi connectivity index (χ1v) is 11.2. The van der Waals surface area contributed by atoms with E-state index >= 15 is 0 Å². The number of ether oxygens (including phenoxy) is 1. The van der Waals surface area contributed by atoms with E-state index in [1.54, 1.807) is 7.11 Å². The van der Waals surface area contributed by atoms with Gasteiger partial charge in [-0.2, -0.15) is 0 Å². The smallest absolute Gasteiger partial charge is 0.119 e. The van der Waals surface area contributed by atoms with E-state index in [0.29, 0.717) is 6.04 Å². The number of unbranched alkanes of at least 4 members (excludes halogenated alkanes) is 7. The lowest BCUT2D eigenvalue weighted by Gasteiger charge is -2.13. The molecule has 28 heavy (non-hydrogen) atoms. The third-order valence-corrected chi connectivity index (χ3v) is 6.33. The molecule has 1 fully saturated rings. The van der Waals surface area contributed by atoms with E-state index in [2.05, 4.69) is 73.3 Å². The van der Waals surface area contributed by atoms with Crippen molar-refractivity contribution in [3.63, 3.8) is 0 Å². The molecule has 152 valence electrons. The number of anilines is 1. The summed E-state index contributed by atoms with van der Waals surface area (Å²) >= 11 is 0. The van der Waals surface area contributed by atoms with Crippen molar-refractivity contribution >= 4 is 5.69 Å². The van der Waals surface area contributed by atoms with Crippen molar-refractivity contribution in [1.29, 1.82) is 0 Å². The lowest BCUT2D eigenvalue weighted by Crippen LogP contribution is -2.13. The number of nitrogens with zero attached hydrogens (tertiary/aromatic N) is 1. The molecule has 2 heteroatoms. The van der Waals surface area contributed by atoms with Crippen LogP contribution in [0.5, 0.6) is 5.75 Å². The summed E-state index contributed by atoms with van der Waals surface area (Å²) in [7, 11) is 1.73. The van der Waals surface area contributed by atoms with E-state index in [1.165, 1.54) is 69.0 Å². The van der Waals surface area contributed by atoms with Crippen molar-refractivity contribution in [3.8, 4) is 5.75 Å². The Morgan fingerprint density at radius 2 is 1.43 bits per heavy atom. The van der Waals surface area contributed by atoms with E-state index in [9.17, 15) is 0 Å². The second-order valence-corrected chi connectivity index (χ2v) is 8.46. The van der Waals surface area contributed by atoms with Crippen molar-refractivity contribution in [2.45, 2.75) is 83.2 Å². The zero-order valence-electron chi connectivity index (χ0n) is 18.0. The zero-order chi connectivity index (χ0) is 19.8. The largest absolute Gasteiger partial charge is 0.497 e. The molecular weight excluding hydrogens is 342 g/mol. The molecule has 0 bridgehead atoms. The fourth-order valence-corrected chi connectivity index (χ4v) is 4.63. The topological polar surface area (TPSA) is 12.2 Å². The van der Waals surface area contributed by atoms with Crippen molar-refractivity contribution in [1.82, 2.24) is 0 Å². The first kappa shape index (κ1) is 20.8. The predicted octanol–water partition coefficient (Wildman–Crippen LogP) is 7.55. The molecule has 0 aliphatic carbocycles. The van der Waals surface area contributed by atoms with Gasteiger partial charge in [-0.05, 0) is 43.2 Å². The zero-order valence-corrected chi connectivity index (χ0v) is 18.0. The molecule has 1 aliphatic heterocycles. The van der Waals surface area contributed by atoms with Crippen LogP contribution in [0.1, 0.15) is 83.2 Å². The van der Waals surface area contributed by atoms with Gasteiger partial charge in [0.05, 0.1) is 18.7 Å². The molecular formula is C26H37NO. The monoisotopic (exact) mass is 379 g/mol. The van der Waals surface area contributed by atoms with Crippen LogP contribution in [-0.2, 0) is 0 Å². The average molecular weight is 380 g/mol. The minimum Gasteiger partial charge on any atom is -0.497 e. The first-order valence-electron chi connectivity index (χ1n) is 11.2. The van der Waals surface area contributed by atoms with Crippen LogP contribution < -0.4 is 9.64 Å². The van der Waals surface area contributed by atoms with Gasteiger partial charge in [0.1, 0.15) is 5.75 Å². The summed E-state index contributed by atoms with van der Waals surface area (Å²) in [5.74, 6) is 0.923. The van der Waals surface area contributed by atoms with Crippen LogP contribution in [0.15, 0.2) is 54.6 Å². The highest BCUT2D eigenvalue weighted by Gasteiger charge is 2.58. The maximum absolute atomic E-state index is 5.34. The quantitative estimate of drug-likeness (QED) is 0.279. The van der Waals surface area contributed by atoms with E-state index in [4.69, 9.17) is 4.74 Å². The summed E-state index contributed by atoms with van der Waals surface area (Å²) in [4.78, 5) is 2.60. The third-order valence-electron chi connectivity index (χ3n) is 6.33. The Morgan fingerprint density at radius 3 is 2.04 bits per heavy atom. The molecule has 2 aromatic carbocycles. The molecule has 0 saturated carbocycles. The molecule has 0 spiro atoms. The molecule has 0 radical (unpaired) electrons. The minimum atomic E-state index is 0.220. The van der Waals surface area contributed by atoms with Gasteiger partial charge in [-0.3, -0.25) is 0 Å². The molecule has 3 rings (SSSR count). The minimum absolute atomic E-state index is 0.220. The fraction of sp³-hybridized carbons (Fsp3) is 0.538. The molecule has 0 unspecified atom stereocenters.